The lowest BCUT2D eigenvalue weighted by Crippen LogP contribution is -2.24. The number of halogens is 1. The van der Waals surface area contributed by atoms with Crippen molar-refractivity contribution < 1.29 is 8.42 Å². The summed E-state index contributed by atoms with van der Waals surface area (Å²) in [6.07, 6.45) is 4.79. The molecule has 106 valence electrons. The molecule has 2 aromatic rings. The lowest BCUT2D eigenvalue weighted by Gasteiger charge is -2.13. The number of benzene rings is 1. The van der Waals surface area contributed by atoms with Crippen LogP contribution >= 0.6 is 11.6 Å². The van der Waals surface area contributed by atoms with Crippen LogP contribution in [0.5, 0.6) is 0 Å². The van der Waals surface area contributed by atoms with E-state index in [1.807, 2.05) is 0 Å². The number of hydrogen-bond donors (Lipinski definition) is 1. The molecule has 0 bridgehead atoms. The van der Waals surface area contributed by atoms with Gasteiger partial charge in [-0.2, -0.15) is 9.40 Å². The van der Waals surface area contributed by atoms with Crippen LogP contribution in [0.2, 0.25) is 5.02 Å². The minimum atomic E-state index is -3.47. The maximum absolute atomic E-state index is 12.1. The summed E-state index contributed by atoms with van der Waals surface area (Å²) < 4.78 is 25.4. The average molecular weight is 312 g/mol. The minimum Gasteiger partial charge on any atom is -0.285 e. The van der Waals surface area contributed by atoms with Crippen molar-refractivity contribution in [1.82, 2.24) is 14.5 Å². The molecule has 5 nitrogen and oxygen atoms in total. The van der Waals surface area contributed by atoms with Gasteiger partial charge >= 0.3 is 0 Å². The Hall–Kier alpha value is -1.63. The van der Waals surface area contributed by atoms with Crippen LogP contribution in [0.3, 0.4) is 0 Å². The SMILES string of the molecule is CN(Cc1cn[nH]c1)S(=O)(=O)C=Cc1ccc(Cl)cc1. The standard InChI is InChI=1S/C13H14ClN3O2S/c1-17(10-12-8-15-16-9-12)20(18,19)7-6-11-2-4-13(14)5-3-11/h2-9H,10H2,1H3,(H,15,16). The second kappa shape index (κ2) is 6.21. The van der Waals surface area contributed by atoms with Crippen LogP contribution in [0.4, 0.5) is 0 Å². The molecule has 0 saturated heterocycles. The summed E-state index contributed by atoms with van der Waals surface area (Å²) in [7, 11) is -1.94. The molecule has 1 N–H and O–H groups in total. The molecule has 0 saturated carbocycles. The van der Waals surface area contributed by atoms with E-state index >= 15 is 0 Å². The van der Waals surface area contributed by atoms with Gasteiger partial charge in [0.1, 0.15) is 0 Å². The highest BCUT2D eigenvalue weighted by Gasteiger charge is 2.14. The molecule has 1 aromatic carbocycles. The third kappa shape index (κ3) is 3.93. The van der Waals surface area contributed by atoms with E-state index in [9.17, 15) is 8.42 Å². The van der Waals surface area contributed by atoms with E-state index in [4.69, 9.17) is 11.6 Å². The van der Waals surface area contributed by atoms with Gasteiger partial charge in [0.25, 0.3) is 0 Å². The Morgan fingerprint density at radius 1 is 1.35 bits per heavy atom. The molecule has 1 heterocycles. The fraction of sp³-hybridized carbons (Fsp3) is 0.154. The largest absolute Gasteiger partial charge is 0.285 e. The van der Waals surface area contributed by atoms with Gasteiger partial charge in [0, 0.05) is 35.8 Å². The zero-order valence-electron chi connectivity index (χ0n) is 10.8. The third-order valence-electron chi connectivity index (χ3n) is 2.70. The molecule has 2 rings (SSSR count). The summed E-state index contributed by atoms with van der Waals surface area (Å²) in [4.78, 5) is 0. The van der Waals surface area contributed by atoms with Crippen molar-refractivity contribution in [2.45, 2.75) is 6.54 Å². The van der Waals surface area contributed by atoms with Crippen LogP contribution in [0.25, 0.3) is 6.08 Å². The minimum absolute atomic E-state index is 0.268. The van der Waals surface area contributed by atoms with Gasteiger partial charge in [-0.1, -0.05) is 23.7 Å². The fourth-order valence-electron chi connectivity index (χ4n) is 1.55. The molecule has 20 heavy (non-hydrogen) atoms. The topological polar surface area (TPSA) is 66.1 Å². The normalized spacial score (nSPS) is 12.3. The van der Waals surface area contributed by atoms with Gasteiger partial charge in [0.15, 0.2) is 0 Å². The fourth-order valence-corrected chi connectivity index (χ4v) is 2.55. The van der Waals surface area contributed by atoms with Crippen molar-refractivity contribution in [3.05, 3.63) is 58.2 Å². The summed E-state index contributed by atoms with van der Waals surface area (Å²) >= 11 is 5.77. The maximum Gasteiger partial charge on any atom is 0.236 e. The van der Waals surface area contributed by atoms with Gasteiger partial charge in [-0.3, -0.25) is 5.10 Å². The zero-order chi connectivity index (χ0) is 14.6. The van der Waals surface area contributed by atoms with Crippen molar-refractivity contribution in [3.8, 4) is 0 Å². The van der Waals surface area contributed by atoms with E-state index in [0.717, 1.165) is 11.1 Å². The van der Waals surface area contributed by atoms with Gasteiger partial charge in [-0.05, 0) is 23.8 Å². The lowest BCUT2D eigenvalue weighted by atomic mass is 10.2. The predicted molar refractivity (Wildman–Crippen MR) is 79.5 cm³/mol. The number of aromatic amines is 1. The molecule has 0 spiro atoms. The Bertz CT molecular complexity index is 679. The van der Waals surface area contributed by atoms with Gasteiger partial charge in [-0.25, -0.2) is 8.42 Å². The first-order chi connectivity index (χ1) is 9.47. The van der Waals surface area contributed by atoms with Gasteiger partial charge in [-0.15, -0.1) is 0 Å². The number of sulfonamides is 1. The summed E-state index contributed by atoms with van der Waals surface area (Å²) in [5.74, 6) is 0. The van der Waals surface area contributed by atoms with E-state index in [1.165, 1.54) is 22.8 Å². The van der Waals surface area contributed by atoms with Crippen LogP contribution in [0.1, 0.15) is 11.1 Å². The highest BCUT2D eigenvalue weighted by Crippen LogP contribution is 2.13. The van der Waals surface area contributed by atoms with E-state index in [0.29, 0.717) is 5.02 Å². The summed E-state index contributed by atoms with van der Waals surface area (Å²) in [6.45, 7) is 0.268. The van der Waals surface area contributed by atoms with E-state index < -0.39 is 10.0 Å². The zero-order valence-corrected chi connectivity index (χ0v) is 12.4. The first-order valence-electron chi connectivity index (χ1n) is 5.85. The molecule has 0 unspecified atom stereocenters. The molecule has 0 amide bonds. The molecule has 0 radical (unpaired) electrons. The van der Waals surface area contributed by atoms with E-state index in [1.54, 1.807) is 36.7 Å². The van der Waals surface area contributed by atoms with Crippen molar-refractivity contribution >= 4 is 27.7 Å². The van der Waals surface area contributed by atoms with Gasteiger partial charge in [0.05, 0.1) is 6.20 Å². The quantitative estimate of drug-likeness (QED) is 0.922. The number of nitrogens with one attached hydrogen (secondary N) is 1. The first kappa shape index (κ1) is 14.8. The second-order valence-corrected chi connectivity index (χ2v) is 6.62. The van der Waals surface area contributed by atoms with Crippen LogP contribution < -0.4 is 0 Å². The third-order valence-corrected chi connectivity index (χ3v) is 4.43. The number of H-pyrrole nitrogens is 1. The molecule has 0 aliphatic carbocycles. The summed E-state index contributed by atoms with van der Waals surface area (Å²) in [5, 5.41) is 8.22. The van der Waals surface area contributed by atoms with Crippen molar-refractivity contribution in [2.24, 2.45) is 0 Å². The Morgan fingerprint density at radius 2 is 2.05 bits per heavy atom. The van der Waals surface area contributed by atoms with Gasteiger partial charge < -0.3 is 0 Å². The first-order valence-corrected chi connectivity index (χ1v) is 7.73. The molecule has 0 aliphatic rings. The Balaban J connectivity index is 2.08. The lowest BCUT2D eigenvalue weighted by molar-refractivity contribution is 0.475. The molecule has 1 aromatic heterocycles. The Kier molecular flexibility index (Phi) is 4.59. The molecule has 0 aliphatic heterocycles. The second-order valence-electron chi connectivity index (χ2n) is 4.26. The number of aromatic nitrogens is 2. The number of rotatable bonds is 5. The molecule has 0 fully saturated rings. The molecular weight excluding hydrogens is 298 g/mol. The average Bonchev–Trinajstić information content (AvgIpc) is 2.91. The van der Waals surface area contributed by atoms with Crippen molar-refractivity contribution in [2.75, 3.05) is 7.05 Å². The van der Waals surface area contributed by atoms with Gasteiger partial charge in [0.2, 0.25) is 10.0 Å². The molecular formula is C13H14ClN3O2S. The molecule has 0 atom stereocenters. The highest BCUT2D eigenvalue weighted by atomic mass is 35.5. The van der Waals surface area contributed by atoms with Crippen LogP contribution in [0.15, 0.2) is 42.1 Å². The maximum atomic E-state index is 12.1. The molecule has 7 heteroatoms. The monoisotopic (exact) mass is 311 g/mol. The summed E-state index contributed by atoms with van der Waals surface area (Å²) in [6, 6.07) is 6.93. The highest BCUT2D eigenvalue weighted by molar-refractivity contribution is 7.92. The van der Waals surface area contributed by atoms with Crippen LogP contribution in [-0.2, 0) is 16.6 Å². The van der Waals surface area contributed by atoms with Crippen molar-refractivity contribution in [1.29, 1.82) is 0 Å². The summed E-state index contributed by atoms with van der Waals surface area (Å²) in [5.41, 5.74) is 1.57. The van der Waals surface area contributed by atoms with E-state index in [-0.39, 0.29) is 6.54 Å². The Morgan fingerprint density at radius 3 is 2.65 bits per heavy atom. The number of nitrogens with zero attached hydrogens (tertiary/aromatic N) is 2. The van der Waals surface area contributed by atoms with E-state index in [2.05, 4.69) is 10.2 Å². The predicted octanol–water partition coefficient (Wildman–Crippen LogP) is 2.50. The Labute approximate surface area is 122 Å². The smallest absolute Gasteiger partial charge is 0.236 e. The van der Waals surface area contributed by atoms with Crippen molar-refractivity contribution in [3.63, 3.8) is 0 Å². The van der Waals surface area contributed by atoms with Crippen LogP contribution in [0, 0.1) is 0 Å². The van der Waals surface area contributed by atoms with Crippen LogP contribution in [-0.4, -0.2) is 30.0 Å². The number of hydrogen-bond acceptors (Lipinski definition) is 3.